The van der Waals surface area contributed by atoms with E-state index >= 15 is 0 Å². The van der Waals surface area contributed by atoms with Gasteiger partial charge in [0, 0.05) is 43.2 Å². The van der Waals surface area contributed by atoms with E-state index in [1.54, 1.807) is 42.5 Å². The summed E-state index contributed by atoms with van der Waals surface area (Å²) in [5, 5.41) is 18.6. The standard InChI is InChI=1S/C30H15F5N2O4S2/c31-23-24(32)26(34)28(27(35)25(23)33)37-7-1-2-13-8-14-10-17(30(40)41-19(14)11-18(13)37)20-5-6-22(43-20)21-4-3-16(42-21)9-15(12-36)29(38)39/h3-6,8-11H,1-2,7H2,(H,38,39). The Morgan fingerprint density at radius 2 is 1.58 bits per heavy atom. The highest BCUT2D eigenvalue weighted by atomic mass is 32.1. The minimum absolute atomic E-state index is 0.0223. The maximum Gasteiger partial charge on any atom is 0.346 e. The number of thiophene rings is 2. The van der Waals surface area contributed by atoms with E-state index in [1.165, 1.54) is 34.8 Å². The molecule has 0 amide bonds. The maximum absolute atomic E-state index is 14.7. The Labute approximate surface area is 246 Å². The van der Waals surface area contributed by atoms with Crippen LogP contribution in [0.4, 0.5) is 33.3 Å². The molecule has 43 heavy (non-hydrogen) atoms. The highest BCUT2D eigenvalue weighted by Gasteiger charge is 2.32. The van der Waals surface area contributed by atoms with Gasteiger partial charge in [0.1, 0.15) is 22.9 Å². The molecule has 0 saturated carbocycles. The Hall–Kier alpha value is -4.80. The lowest BCUT2D eigenvalue weighted by molar-refractivity contribution is -0.132. The molecule has 0 bridgehead atoms. The zero-order chi connectivity index (χ0) is 30.6. The SMILES string of the molecule is N#CC(=Cc1ccc(-c2ccc(-c3cc4cc5c(cc4oc3=O)N(c3c(F)c(F)c(F)c(F)c3F)CCC5)s2)s1)C(=O)O. The fourth-order valence-electron chi connectivity index (χ4n) is 4.90. The van der Waals surface area contributed by atoms with Crippen LogP contribution in [0, 0.1) is 40.4 Å². The largest absolute Gasteiger partial charge is 0.477 e. The van der Waals surface area contributed by atoms with Crippen molar-refractivity contribution in [2.24, 2.45) is 0 Å². The van der Waals surface area contributed by atoms with Crippen molar-refractivity contribution in [1.82, 2.24) is 0 Å². The lowest BCUT2D eigenvalue weighted by atomic mass is 9.98. The lowest BCUT2D eigenvalue weighted by Gasteiger charge is -2.32. The number of rotatable bonds is 5. The van der Waals surface area contributed by atoms with Crippen LogP contribution < -0.4 is 10.5 Å². The van der Waals surface area contributed by atoms with Crippen molar-refractivity contribution >= 4 is 57.1 Å². The second-order valence-corrected chi connectivity index (χ2v) is 11.7. The molecule has 0 unspecified atom stereocenters. The van der Waals surface area contributed by atoms with Crippen LogP contribution in [0.3, 0.4) is 0 Å². The number of aryl methyl sites for hydroxylation is 1. The van der Waals surface area contributed by atoms with Crippen molar-refractivity contribution in [3.63, 3.8) is 0 Å². The summed E-state index contributed by atoms with van der Waals surface area (Å²) in [6.45, 7) is -0.0223. The number of nitriles is 1. The second kappa shape index (κ2) is 10.8. The van der Waals surface area contributed by atoms with E-state index in [2.05, 4.69) is 0 Å². The van der Waals surface area contributed by atoms with Gasteiger partial charge < -0.3 is 14.4 Å². The highest BCUT2D eigenvalue weighted by molar-refractivity contribution is 7.24. The van der Waals surface area contributed by atoms with Gasteiger partial charge in [-0.15, -0.1) is 22.7 Å². The van der Waals surface area contributed by atoms with E-state index in [0.29, 0.717) is 33.5 Å². The van der Waals surface area contributed by atoms with Gasteiger partial charge in [-0.1, -0.05) is 0 Å². The van der Waals surface area contributed by atoms with Crippen LogP contribution in [0.2, 0.25) is 0 Å². The monoisotopic (exact) mass is 626 g/mol. The summed E-state index contributed by atoms with van der Waals surface area (Å²) in [5.74, 6) is -11.6. The molecular formula is C30H15F5N2O4S2. The number of fused-ring (bicyclic) bond motifs is 2. The molecule has 2 aromatic carbocycles. The second-order valence-electron chi connectivity index (χ2n) is 9.48. The Morgan fingerprint density at radius 1 is 0.930 bits per heavy atom. The first-order chi connectivity index (χ1) is 20.6. The smallest absolute Gasteiger partial charge is 0.346 e. The summed E-state index contributed by atoms with van der Waals surface area (Å²) in [6.07, 6.45) is 2.10. The van der Waals surface area contributed by atoms with Crippen LogP contribution in [0.15, 0.2) is 57.2 Å². The topological polar surface area (TPSA) is 94.5 Å². The normalized spacial score (nSPS) is 13.3. The van der Waals surface area contributed by atoms with Crippen LogP contribution in [0.1, 0.15) is 16.9 Å². The Balaban J connectivity index is 1.37. The quantitative estimate of drug-likeness (QED) is 0.0530. The average Bonchev–Trinajstić information content (AvgIpc) is 3.67. The van der Waals surface area contributed by atoms with Gasteiger partial charge in [-0.3, -0.25) is 0 Å². The van der Waals surface area contributed by atoms with Crippen molar-refractivity contribution in [2.75, 3.05) is 11.4 Å². The molecule has 0 spiro atoms. The van der Waals surface area contributed by atoms with Crippen molar-refractivity contribution < 1.29 is 36.3 Å². The number of anilines is 2. The zero-order valence-corrected chi connectivity index (χ0v) is 23.1. The van der Waals surface area contributed by atoms with Crippen molar-refractivity contribution in [2.45, 2.75) is 12.8 Å². The Morgan fingerprint density at radius 3 is 2.28 bits per heavy atom. The minimum atomic E-state index is -2.24. The third kappa shape index (κ3) is 4.88. The number of hydrogen-bond donors (Lipinski definition) is 1. The molecule has 6 nitrogen and oxygen atoms in total. The predicted octanol–water partition coefficient (Wildman–Crippen LogP) is 8.02. The van der Waals surface area contributed by atoms with E-state index in [0.717, 1.165) is 14.7 Å². The molecule has 4 heterocycles. The van der Waals surface area contributed by atoms with E-state index in [4.69, 9.17) is 14.8 Å². The lowest BCUT2D eigenvalue weighted by Crippen LogP contribution is -2.27. The average molecular weight is 627 g/mol. The summed E-state index contributed by atoms with van der Waals surface area (Å²) in [6, 6.07) is 13.2. The predicted molar refractivity (Wildman–Crippen MR) is 152 cm³/mol. The van der Waals surface area contributed by atoms with Crippen molar-refractivity contribution in [3.8, 4) is 26.3 Å². The zero-order valence-electron chi connectivity index (χ0n) is 21.5. The van der Waals surface area contributed by atoms with Gasteiger partial charge in [0.2, 0.25) is 5.82 Å². The first-order valence-electron chi connectivity index (χ1n) is 12.5. The highest BCUT2D eigenvalue weighted by Crippen LogP contribution is 2.42. The molecule has 6 rings (SSSR count). The molecule has 0 fully saturated rings. The molecule has 0 saturated heterocycles. The van der Waals surface area contributed by atoms with Crippen LogP contribution in [-0.2, 0) is 11.2 Å². The number of halogens is 5. The molecule has 216 valence electrons. The van der Waals surface area contributed by atoms with Gasteiger partial charge in [-0.25, -0.2) is 31.5 Å². The van der Waals surface area contributed by atoms with Gasteiger partial charge in [-0.05, 0) is 60.9 Å². The molecule has 0 atom stereocenters. The van der Waals surface area contributed by atoms with Gasteiger partial charge in [-0.2, -0.15) is 5.26 Å². The molecule has 1 aliphatic rings. The van der Waals surface area contributed by atoms with Gasteiger partial charge in [0.25, 0.3) is 0 Å². The van der Waals surface area contributed by atoms with Gasteiger partial charge >= 0.3 is 11.6 Å². The molecule has 13 heteroatoms. The number of hydrogen-bond acceptors (Lipinski definition) is 7. The molecular weight excluding hydrogens is 611 g/mol. The molecule has 5 aromatic rings. The summed E-state index contributed by atoms with van der Waals surface area (Å²) in [4.78, 5) is 27.9. The van der Waals surface area contributed by atoms with Crippen LogP contribution in [-0.4, -0.2) is 17.6 Å². The molecule has 3 aromatic heterocycles. The van der Waals surface area contributed by atoms with E-state index in [9.17, 15) is 31.5 Å². The summed E-state index contributed by atoms with van der Waals surface area (Å²) < 4.78 is 76.5. The fraction of sp³-hybridized carbons (Fsp3) is 0.100. The molecule has 0 radical (unpaired) electrons. The van der Waals surface area contributed by atoms with Crippen LogP contribution in [0.5, 0.6) is 0 Å². The van der Waals surface area contributed by atoms with Crippen LogP contribution >= 0.6 is 22.7 Å². The van der Waals surface area contributed by atoms with Gasteiger partial charge in [0.05, 0.1) is 5.56 Å². The number of nitrogens with zero attached hydrogens (tertiary/aromatic N) is 2. The molecule has 0 aliphatic carbocycles. The first kappa shape index (κ1) is 28.3. The molecule has 1 aliphatic heterocycles. The maximum atomic E-state index is 14.7. The summed E-state index contributed by atoms with van der Waals surface area (Å²) in [7, 11) is 0. The third-order valence-corrected chi connectivity index (χ3v) is 9.23. The first-order valence-corrected chi connectivity index (χ1v) is 14.2. The van der Waals surface area contributed by atoms with Crippen molar-refractivity contribution in [3.05, 3.63) is 98.0 Å². The Kier molecular flexibility index (Phi) is 7.11. The number of carboxylic acid groups (broad SMARTS) is 1. The minimum Gasteiger partial charge on any atom is -0.477 e. The number of carboxylic acids is 1. The number of carbonyl (C=O) groups is 1. The van der Waals surface area contributed by atoms with E-state index in [1.807, 2.05) is 0 Å². The van der Waals surface area contributed by atoms with E-state index in [-0.39, 0.29) is 23.4 Å². The van der Waals surface area contributed by atoms with Crippen LogP contribution in [0.25, 0.3) is 37.2 Å². The summed E-state index contributed by atoms with van der Waals surface area (Å²) in [5.41, 5.74) is -1.10. The Bertz CT molecular complexity index is 2080. The number of benzene rings is 2. The number of aliphatic carboxylic acids is 1. The van der Waals surface area contributed by atoms with Gasteiger partial charge in [0.15, 0.2) is 23.3 Å². The third-order valence-electron chi connectivity index (χ3n) is 6.89. The molecule has 1 N–H and O–H groups in total. The summed E-state index contributed by atoms with van der Waals surface area (Å²) >= 11 is 2.57. The van der Waals surface area contributed by atoms with Crippen molar-refractivity contribution in [1.29, 1.82) is 5.26 Å². The fourth-order valence-corrected chi connectivity index (χ4v) is 6.95. The van der Waals surface area contributed by atoms with E-state index < -0.39 is 51.9 Å².